The van der Waals surface area contributed by atoms with Gasteiger partial charge in [-0.25, -0.2) is 8.78 Å². The molecule has 1 aromatic heterocycles. The molecule has 8 aromatic rings. The Labute approximate surface area is 273 Å². The van der Waals surface area contributed by atoms with Crippen LogP contribution in [0.5, 0.6) is 11.5 Å². The number of hydrogen-bond acceptors (Lipinski definition) is 5. The second-order valence-electron chi connectivity index (χ2n) is 11.4. The molecule has 0 fully saturated rings. The van der Waals surface area contributed by atoms with Crippen molar-refractivity contribution in [1.29, 1.82) is 0 Å². The first-order valence-corrected chi connectivity index (χ1v) is 15.7. The molecule has 0 unspecified atom stereocenters. The maximum atomic E-state index is 15.8. The molecule has 4 nitrogen and oxygen atoms in total. The summed E-state index contributed by atoms with van der Waals surface area (Å²) in [7, 11) is 3.29. The van der Waals surface area contributed by atoms with Crippen LogP contribution in [-0.2, 0) is 0 Å². The summed E-state index contributed by atoms with van der Waals surface area (Å²) in [6.07, 6.45) is 0. The Morgan fingerprint density at radius 1 is 0.426 bits per heavy atom. The van der Waals surface area contributed by atoms with E-state index in [1.165, 1.54) is 0 Å². The Balaban J connectivity index is 1.12. The molecule has 7 heteroatoms. The van der Waals surface area contributed by atoms with Gasteiger partial charge in [0.15, 0.2) is 0 Å². The highest BCUT2D eigenvalue weighted by Gasteiger charge is 2.19. The molecule has 0 aliphatic rings. The Kier molecular flexibility index (Phi) is 7.11. The lowest BCUT2D eigenvalue weighted by Crippen LogP contribution is -1.92. The molecular weight excluding hydrogens is 611 g/mol. The summed E-state index contributed by atoms with van der Waals surface area (Å²) in [5.74, 6) is 0.835. The third-order valence-electron chi connectivity index (χ3n) is 8.70. The number of fused-ring (bicyclic) bond motifs is 3. The van der Waals surface area contributed by atoms with Crippen molar-refractivity contribution >= 4 is 44.3 Å². The Morgan fingerprint density at radius 2 is 0.787 bits per heavy atom. The molecule has 0 aliphatic carbocycles. The number of benzene rings is 7. The zero-order valence-corrected chi connectivity index (χ0v) is 26.2. The second kappa shape index (κ2) is 11.6. The largest absolute Gasteiger partial charge is 0.497 e. The van der Waals surface area contributed by atoms with Crippen LogP contribution in [0.25, 0.3) is 77.1 Å². The van der Waals surface area contributed by atoms with Crippen molar-refractivity contribution in [2.45, 2.75) is 0 Å². The molecule has 0 saturated heterocycles. The van der Waals surface area contributed by atoms with Crippen LogP contribution in [0.4, 0.5) is 8.78 Å². The van der Waals surface area contributed by atoms with Gasteiger partial charge in [0, 0.05) is 22.3 Å². The van der Waals surface area contributed by atoms with Crippen LogP contribution < -0.4 is 9.47 Å². The minimum Gasteiger partial charge on any atom is -0.497 e. The zero-order chi connectivity index (χ0) is 32.1. The fourth-order valence-corrected chi connectivity index (χ4v) is 6.76. The second-order valence-corrected chi connectivity index (χ2v) is 11.9. The van der Waals surface area contributed by atoms with E-state index in [0.717, 1.165) is 67.0 Å². The molecule has 0 bridgehead atoms. The van der Waals surface area contributed by atoms with Crippen molar-refractivity contribution in [3.05, 3.63) is 133 Å². The first kappa shape index (κ1) is 28.8. The number of hydrogen-bond donors (Lipinski definition) is 0. The van der Waals surface area contributed by atoms with E-state index in [9.17, 15) is 0 Å². The highest BCUT2D eigenvalue weighted by molar-refractivity contribution is 7.00. The standard InChI is InChI=1S/C40H26F2N2O2S/c1-45-31-11-7-25-17-23(3-5-27(25)19-31)29-9-13-33(37(41)21-29)35-15-16-36(40-39(35)43-47-44-40)34-14-10-30(22-38(34)42)24-4-6-28-20-32(46-2)12-8-26(28)18-24/h3-22H,1-2H3. The summed E-state index contributed by atoms with van der Waals surface area (Å²) in [6, 6.07) is 37.8. The van der Waals surface area contributed by atoms with Crippen LogP contribution >= 0.6 is 11.7 Å². The summed E-state index contributed by atoms with van der Waals surface area (Å²) in [5, 5.41) is 4.17. The smallest absolute Gasteiger partial charge is 0.131 e. The van der Waals surface area contributed by atoms with E-state index in [0.29, 0.717) is 33.3 Å². The monoisotopic (exact) mass is 636 g/mol. The van der Waals surface area contributed by atoms with Crippen LogP contribution in [0.15, 0.2) is 121 Å². The Bertz CT molecular complexity index is 2320. The Hall–Kier alpha value is -5.66. The van der Waals surface area contributed by atoms with E-state index in [4.69, 9.17) is 9.47 Å². The SMILES string of the molecule is COc1ccc2cc(-c3ccc(-c4ccc(-c5ccc(-c6ccc7cc(OC)ccc7c6)cc5F)c5nsnc45)c(F)c3)ccc2c1. The molecule has 1 heterocycles. The van der Waals surface area contributed by atoms with Gasteiger partial charge < -0.3 is 9.47 Å². The van der Waals surface area contributed by atoms with Gasteiger partial charge in [-0.3, -0.25) is 0 Å². The summed E-state index contributed by atoms with van der Waals surface area (Å²) in [6.45, 7) is 0. The predicted molar refractivity (Wildman–Crippen MR) is 187 cm³/mol. The van der Waals surface area contributed by atoms with Crippen LogP contribution in [0, 0.1) is 11.6 Å². The maximum absolute atomic E-state index is 15.8. The molecule has 47 heavy (non-hydrogen) atoms. The molecule has 8 rings (SSSR count). The highest BCUT2D eigenvalue weighted by atomic mass is 32.1. The number of aromatic nitrogens is 2. The lowest BCUT2D eigenvalue weighted by Gasteiger charge is -2.12. The average Bonchev–Trinajstić information content (AvgIpc) is 3.61. The first-order chi connectivity index (χ1) is 23.0. The molecule has 0 aliphatic heterocycles. The van der Waals surface area contributed by atoms with Gasteiger partial charge in [0.25, 0.3) is 0 Å². The quantitative estimate of drug-likeness (QED) is 0.182. The van der Waals surface area contributed by atoms with Crippen LogP contribution in [0.3, 0.4) is 0 Å². The van der Waals surface area contributed by atoms with Gasteiger partial charge in [0.05, 0.1) is 25.9 Å². The molecule has 0 amide bonds. The maximum Gasteiger partial charge on any atom is 0.131 e. The third kappa shape index (κ3) is 5.15. The third-order valence-corrected chi connectivity index (χ3v) is 9.22. The van der Waals surface area contributed by atoms with Crippen LogP contribution in [0.2, 0.25) is 0 Å². The van der Waals surface area contributed by atoms with E-state index >= 15 is 8.78 Å². The number of halogens is 2. The van der Waals surface area contributed by atoms with Crippen molar-refractivity contribution in [3.63, 3.8) is 0 Å². The molecular formula is C40H26F2N2O2S. The van der Waals surface area contributed by atoms with Gasteiger partial charge in [0.2, 0.25) is 0 Å². The topological polar surface area (TPSA) is 44.2 Å². The highest BCUT2D eigenvalue weighted by Crippen LogP contribution is 2.39. The normalized spacial score (nSPS) is 11.4. The van der Waals surface area contributed by atoms with E-state index in [2.05, 4.69) is 8.75 Å². The van der Waals surface area contributed by atoms with Crippen LogP contribution in [0.1, 0.15) is 0 Å². The van der Waals surface area contributed by atoms with E-state index in [-0.39, 0.29) is 11.6 Å². The lowest BCUT2D eigenvalue weighted by molar-refractivity contribution is 0.415. The van der Waals surface area contributed by atoms with Crippen LogP contribution in [-0.4, -0.2) is 23.0 Å². The number of rotatable bonds is 6. The molecule has 228 valence electrons. The van der Waals surface area contributed by atoms with Gasteiger partial charge in [-0.15, -0.1) is 0 Å². The van der Waals surface area contributed by atoms with E-state index in [1.807, 2.05) is 84.9 Å². The zero-order valence-electron chi connectivity index (χ0n) is 25.4. The van der Waals surface area contributed by atoms with Crippen molar-refractivity contribution in [1.82, 2.24) is 8.75 Å². The molecule has 0 atom stereocenters. The minimum atomic E-state index is -0.372. The van der Waals surface area contributed by atoms with Crippen molar-refractivity contribution < 1.29 is 18.3 Å². The van der Waals surface area contributed by atoms with Gasteiger partial charge in [-0.1, -0.05) is 72.8 Å². The summed E-state index contributed by atoms with van der Waals surface area (Å²) in [4.78, 5) is 0. The number of methoxy groups -OCH3 is 2. The van der Waals surface area contributed by atoms with Gasteiger partial charge in [-0.2, -0.15) is 8.75 Å². The molecule has 0 spiro atoms. The van der Waals surface area contributed by atoms with Crippen molar-refractivity contribution in [3.8, 4) is 56.0 Å². The molecule has 0 N–H and O–H groups in total. The molecule has 7 aromatic carbocycles. The van der Waals surface area contributed by atoms with Crippen molar-refractivity contribution in [2.24, 2.45) is 0 Å². The number of nitrogens with zero attached hydrogens (tertiary/aromatic N) is 2. The first-order valence-electron chi connectivity index (χ1n) is 15.0. The Morgan fingerprint density at radius 3 is 1.21 bits per heavy atom. The summed E-state index contributed by atoms with van der Waals surface area (Å²) in [5.41, 5.74) is 6.46. The van der Waals surface area contributed by atoms with Crippen molar-refractivity contribution in [2.75, 3.05) is 14.2 Å². The summed E-state index contributed by atoms with van der Waals surface area (Å²) < 4.78 is 51.2. The number of ether oxygens (including phenoxy) is 2. The molecule has 0 radical (unpaired) electrons. The van der Waals surface area contributed by atoms with E-state index < -0.39 is 0 Å². The van der Waals surface area contributed by atoms with Gasteiger partial charge >= 0.3 is 0 Å². The van der Waals surface area contributed by atoms with E-state index in [1.54, 1.807) is 50.6 Å². The fourth-order valence-electron chi connectivity index (χ4n) is 6.19. The lowest BCUT2D eigenvalue weighted by atomic mass is 9.94. The van der Waals surface area contributed by atoms with Gasteiger partial charge in [0.1, 0.15) is 34.2 Å². The summed E-state index contributed by atoms with van der Waals surface area (Å²) >= 11 is 1.03. The molecule has 0 saturated carbocycles. The predicted octanol–water partition coefficient (Wildman–Crippen LogP) is 11.0. The fraction of sp³-hybridized carbons (Fsp3) is 0.0500. The average molecular weight is 637 g/mol. The van der Waals surface area contributed by atoms with Gasteiger partial charge in [-0.05, 0) is 92.3 Å². The minimum absolute atomic E-state index is 0.372.